The van der Waals surface area contributed by atoms with Crippen molar-refractivity contribution < 1.29 is 9.90 Å². The standard InChI is InChI=1S/C12H18N2O2/c1-3-10(8-15)14-12(16)7-11-9(2)5-4-6-13-11/h4-6,10,15H,3,7-8H2,1-2H3,(H,14,16)/t10-/m0/s1. The molecule has 0 aromatic carbocycles. The Morgan fingerprint density at radius 2 is 2.38 bits per heavy atom. The number of aliphatic hydroxyl groups is 1. The summed E-state index contributed by atoms with van der Waals surface area (Å²) in [4.78, 5) is 15.8. The summed E-state index contributed by atoms with van der Waals surface area (Å²) in [6.07, 6.45) is 2.67. The Hall–Kier alpha value is -1.42. The van der Waals surface area contributed by atoms with Crippen molar-refractivity contribution >= 4 is 5.91 Å². The first-order valence-corrected chi connectivity index (χ1v) is 5.48. The molecule has 4 heteroatoms. The van der Waals surface area contributed by atoms with E-state index in [1.165, 1.54) is 0 Å². The first kappa shape index (κ1) is 12.6. The highest BCUT2D eigenvalue weighted by molar-refractivity contribution is 5.78. The molecule has 0 saturated heterocycles. The molecule has 1 heterocycles. The molecule has 1 aromatic rings. The van der Waals surface area contributed by atoms with Crippen molar-refractivity contribution in [3.8, 4) is 0 Å². The zero-order chi connectivity index (χ0) is 12.0. The molecule has 0 unspecified atom stereocenters. The number of rotatable bonds is 5. The molecule has 1 amide bonds. The zero-order valence-corrected chi connectivity index (χ0v) is 9.73. The first-order valence-electron chi connectivity index (χ1n) is 5.48. The molecule has 4 nitrogen and oxygen atoms in total. The van der Waals surface area contributed by atoms with Crippen LogP contribution in [-0.2, 0) is 11.2 Å². The van der Waals surface area contributed by atoms with Crippen molar-refractivity contribution in [2.75, 3.05) is 6.61 Å². The van der Waals surface area contributed by atoms with Crippen LogP contribution in [0.25, 0.3) is 0 Å². The lowest BCUT2D eigenvalue weighted by Crippen LogP contribution is -2.38. The van der Waals surface area contributed by atoms with Crippen molar-refractivity contribution in [3.05, 3.63) is 29.6 Å². The minimum atomic E-state index is -0.156. The Labute approximate surface area is 95.7 Å². The van der Waals surface area contributed by atoms with Gasteiger partial charge >= 0.3 is 0 Å². The molecule has 0 aliphatic carbocycles. The minimum Gasteiger partial charge on any atom is -0.394 e. The van der Waals surface area contributed by atoms with Crippen molar-refractivity contribution in [2.45, 2.75) is 32.7 Å². The molecule has 1 atom stereocenters. The van der Waals surface area contributed by atoms with Gasteiger partial charge in [-0.1, -0.05) is 13.0 Å². The van der Waals surface area contributed by atoms with E-state index in [2.05, 4.69) is 10.3 Å². The molecule has 1 rings (SSSR count). The van der Waals surface area contributed by atoms with Crippen LogP contribution in [0.1, 0.15) is 24.6 Å². The van der Waals surface area contributed by atoms with E-state index in [0.717, 1.165) is 17.7 Å². The van der Waals surface area contributed by atoms with Crippen LogP contribution in [0.15, 0.2) is 18.3 Å². The number of carbonyl (C=O) groups excluding carboxylic acids is 1. The Morgan fingerprint density at radius 1 is 1.62 bits per heavy atom. The minimum absolute atomic E-state index is 0.0244. The predicted molar refractivity (Wildman–Crippen MR) is 62.0 cm³/mol. The van der Waals surface area contributed by atoms with Crippen LogP contribution in [-0.4, -0.2) is 28.6 Å². The molecule has 2 N–H and O–H groups in total. The Bertz CT molecular complexity index is 349. The third kappa shape index (κ3) is 3.62. The van der Waals surface area contributed by atoms with E-state index in [9.17, 15) is 4.79 Å². The van der Waals surface area contributed by atoms with Crippen molar-refractivity contribution in [2.24, 2.45) is 0 Å². The fraction of sp³-hybridized carbons (Fsp3) is 0.500. The summed E-state index contributed by atoms with van der Waals surface area (Å²) in [6, 6.07) is 3.62. The van der Waals surface area contributed by atoms with Crippen LogP contribution in [0.5, 0.6) is 0 Å². The lowest BCUT2D eigenvalue weighted by Gasteiger charge is -2.14. The topological polar surface area (TPSA) is 62.2 Å². The Balaban J connectivity index is 2.55. The number of amides is 1. The number of hydrogen-bond acceptors (Lipinski definition) is 3. The molecular formula is C12H18N2O2. The van der Waals surface area contributed by atoms with E-state index in [1.54, 1.807) is 6.20 Å². The third-order valence-electron chi connectivity index (χ3n) is 2.52. The monoisotopic (exact) mass is 222 g/mol. The van der Waals surface area contributed by atoms with Crippen LogP contribution in [0, 0.1) is 6.92 Å². The van der Waals surface area contributed by atoms with Gasteiger partial charge in [-0.25, -0.2) is 0 Å². The van der Waals surface area contributed by atoms with Gasteiger partial charge in [-0.3, -0.25) is 9.78 Å². The highest BCUT2D eigenvalue weighted by atomic mass is 16.3. The molecule has 16 heavy (non-hydrogen) atoms. The molecule has 0 aliphatic rings. The first-order chi connectivity index (χ1) is 7.67. The molecule has 0 fully saturated rings. The lowest BCUT2D eigenvalue weighted by molar-refractivity contribution is -0.121. The average molecular weight is 222 g/mol. The van der Waals surface area contributed by atoms with Gasteiger partial charge in [0.2, 0.25) is 5.91 Å². The highest BCUT2D eigenvalue weighted by Crippen LogP contribution is 2.04. The molecule has 88 valence electrons. The van der Waals surface area contributed by atoms with Crippen molar-refractivity contribution in [1.82, 2.24) is 10.3 Å². The fourth-order valence-corrected chi connectivity index (χ4v) is 1.41. The molecule has 0 spiro atoms. The van der Waals surface area contributed by atoms with E-state index < -0.39 is 0 Å². The van der Waals surface area contributed by atoms with Crippen LogP contribution in [0.2, 0.25) is 0 Å². The largest absolute Gasteiger partial charge is 0.394 e. The van der Waals surface area contributed by atoms with Gasteiger partial charge in [0.15, 0.2) is 0 Å². The summed E-state index contributed by atoms with van der Waals surface area (Å²) in [5.74, 6) is -0.0947. The number of aryl methyl sites for hydroxylation is 1. The number of nitrogens with one attached hydrogen (secondary N) is 1. The molecule has 0 radical (unpaired) electrons. The normalized spacial score (nSPS) is 12.2. The average Bonchev–Trinajstić information content (AvgIpc) is 2.29. The molecule has 0 aliphatic heterocycles. The van der Waals surface area contributed by atoms with Gasteiger partial charge in [-0.15, -0.1) is 0 Å². The summed E-state index contributed by atoms with van der Waals surface area (Å²) < 4.78 is 0. The Morgan fingerprint density at radius 3 is 2.94 bits per heavy atom. The maximum Gasteiger partial charge on any atom is 0.226 e. The summed E-state index contributed by atoms with van der Waals surface area (Å²) in [5, 5.41) is 11.7. The number of aromatic nitrogens is 1. The molecule has 0 bridgehead atoms. The summed E-state index contributed by atoms with van der Waals surface area (Å²) >= 11 is 0. The van der Waals surface area contributed by atoms with Gasteiger partial charge in [0.05, 0.1) is 24.8 Å². The van der Waals surface area contributed by atoms with Crippen molar-refractivity contribution in [3.63, 3.8) is 0 Å². The highest BCUT2D eigenvalue weighted by Gasteiger charge is 2.11. The maximum atomic E-state index is 11.6. The second-order valence-corrected chi connectivity index (χ2v) is 3.80. The molecule has 1 aromatic heterocycles. The molecule has 0 saturated carbocycles. The van der Waals surface area contributed by atoms with Gasteiger partial charge in [-0.2, -0.15) is 0 Å². The van der Waals surface area contributed by atoms with E-state index in [4.69, 9.17) is 5.11 Å². The smallest absolute Gasteiger partial charge is 0.226 e. The number of nitrogens with zero attached hydrogens (tertiary/aromatic N) is 1. The summed E-state index contributed by atoms with van der Waals surface area (Å²) in [7, 11) is 0. The van der Waals surface area contributed by atoms with Crippen LogP contribution in [0.4, 0.5) is 0 Å². The quantitative estimate of drug-likeness (QED) is 0.775. The van der Waals surface area contributed by atoms with E-state index in [1.807, 2.05) is 26.0 Å². The maximum absolute atomic E-state index is 11.6. The number of hydrogen-bond donors (Lipinski definition) is 2. The lowest BCUT2D eigenvalue weighted by atomic mass is 10.1. The second kappa shape index (κ2) is 6.23. The van der Waals surface area contributed by atoms with Crippen molar-refractivity contribution in [1.29, 1.82) is 0 Å². The summed E-state index contributed by atoms with van der Waals surface area (Å²) in [5.41, 5.74) is 1.79. The van der Waals surface area contributed by atoms with Gasteiger partial charge < -0.3 is 10.4 Å². The van der Waals surface area contributed by atoms with E-state index in [-0.39, 0.29) is 25.0 Å². The van der Waals surface area contributed by atoms with Crippen LogP contribution in [0.3, 0.4) is 0 Å². The zero-order valence-electron chi connectivity index (χ0n) is 9.73. The van der Waals surface area contributed by atoms with E-state index in [0.29, 0.717) is 0 Å². The number of aliphatic hydroxyl groups excluding tert-OH is 1. The SMILES string of the molecule is CC[C@@H](CO)NC(=O)Cc1ncccc1C. The second-order valence-electron chi connectivity index (χ2n) is 3.80. The van der Waals surface area contributed by atoms with Gasteiger partial charge in [-0.05, 0) is 25.0 Å². The fourth-order valence-electron chi connectivity index (χ4n) is 1.41. The molecular weight excluding hydrogens is 204 g/mol. The van der Waals surface area contributed by atoms with Gasteiger partial charge in [0.25, 0.3) is 0 Å². The third-order valence-corrected chi connectivity index (χ3v) is 2.52. The summed E-state index contributed by atoms with van der Waals surface area (Å²) in [6.45, 7) is 3.83. The van der Waals surface area contributed by atoms with Gasteiger partial charge in [0.1, 0.15) is 0 Å². The van der Waals surface area contributed by atoms with Gasteiger partial charge in [0, 0.05) is 6.20 Å². The van der Waals surface area contributed by atoms with Crippen LogP contribution < -0.4 is 5.32 Å². The van der Waals surface area contributed by atoms with E-state index >= 15 is 0 Å². The van der Waals surface area contributed by atoms with Crippen LogP contribution >= 0.6 is 0 Å². The predicted octanol–water partition coefficient (Wildman–Crippen LogP) is 0.820. The number of carbonyl (C=O) groups is 1. The number of pyridine rings is 1. The Kier molecular flexibility index (Phi) is 4.92.